The van der Waals surface area contributed by atoms with Crippen molar-refractivity contribution in [3.8, 4) is 33.6 Å². The lowest BCUT2D eigenvalue weighted by atomic mass is 9.96. The summed E-state index contributed by atoms with van der Waals surface area (Å²) in [4.78, 5) is 0. The summed E-state index contributed by atoms with van der Waals surface area (Å²) in [6.07, 6.45) is 0. The number of rotatable bonds is 4. The van der Waals surface area contributed by atoms with Crippen LogP contribution in [-0.4, -0.2) is 9.13 Å². The molecule has 3 aromatic heterocycles. The molecule has 51 heavy (non-hydrogen) atoms. The summed E-state index contributed by atoms with van der Waals surface area (Å²) < 4.78 is 11.5. The zero-order valence-electron chi connectivity index (χ0n) is 27.6. The van der Waals surface area contributed by atoms with Gasteiger partial charge in [0.1, 0.15) is 11.2 Å². The Kier molecular flexibility index (Phi) is 5.96. The molecular weight excluding hydrogens is 621 g/mol. The molecule has 0 aliphatic rings. The lowest BCUT2D eigenvalue weighted by molar-refractivity contribution is 0.670. The van der Waals surface area contributed by atoms with E-state index in [0.29, 0.717) is 0 Å². The molecule has 3 heteroatoms. The number of aromatic nitrogens is 2. The zero-order valence-corrected chi connectivity index (χ0v) is 27.6. The molecule has 0 bridgehead atoms. The van der Waals surface area contributed by atoms with Crippen molar-refractivity contribution in [2.45, 2.75) is 0 Å². The SMILES string of the molecule is c1ccc(-n2c3ccccc3c3c(-c4cccc5c6ccccc6n(-c6ccccc6-c6cccc7c6oc6ccccc67)c45)cccc32)cc1. The molecule has 0 atom stereocenters. The van der Waals surface area contributed by atoms with Crippen LogP contribution in [0.4, 0.5) is 0 Å². The van der Waals surface area contributed by atoms with Gasteiger partial charge >= 0.3 is 0 Å². The van der Waals surface area contributed by atoms with Crippen LogP contribution in [0.15, 0.2) is 186 Å². The quantitative estimate of drug-likeness (QED) is 0.186. The normalized spacial score (nSPS) is 11.9. The van der Waals surface area contributed by atoms with Crippen LogP contribution in [0.3, 0.4) is 0 Å². The van der Waals surface area contributed by atoms with Crippen LogP contribution in [0, 0.1) is 0 Å². The second-order valence-corrected chi connectivity index (χ2v) is 13.2. The first-order valence-electron chi connectivity index (χ1n) is 17.5. The van der Waals surface area contributed by atoms with E-state index in [2.05, 4.69) is 185 Å². The highest BCUT2D eigenvalue weighted by Crippen LogP contribution is 2.45. The number of hydrogen-bond acceptors (Lipinski definition) is 1. The van der Waals surface area contributed by atoms with Gasteiger partial charge in [-0.15, -0.1) is 0 Å². The van der Waals surface area contributed by atoms with Gasteiger partial charge in [0.2, 0.25) is 0 Å². The first-order valence-corrected chi connectivity index (χ1v) is 17.5. The van der Waals surface area contributed by atoms with Crippen molar-refractivity contribution in [2.24, 2.45) is 0 Å². The molecule has 0 fully saturated rings. The molecule has 0 saturated heterocycles. The largest absolute Gasteiger partial charge is 0.455 e. The molecule has 11 aromatic rings. The van der Waals surface area contributed by atoms with E-state index < -0.39 is 0 Å². The minimum absolute atomic E-state index is 0.902. The fourth-order valence-corrected chi connectivity index (χ4v) is 8.44. The summed E-state index contributed by atoms with van der Waals surface area (Å²) in [5.41, 5.74) is 13.4. The number of nitrogens with zero attached hydrogens (tertiary/aromatic N) is 2. The maximum Gasteiger partial charge on any atom is 0.143 e. The predicted molar refractivity (Wildman–Crippen MR) is 213 cm³/mol. The van der Waals surface area contributed by atoms with Gasteiger partial charge in [0.05, 0.1) is 27.8 Å². The standard InChI is InChI=1S/C48H30N2O/c1-2-15-31(16-3-1)49-43-28-10-6-20-40(43)46-35(21-14-29-44(46)49)37-23-12-22-36-32-17-4-8-26-41(32)50(47(36)37)42-27-9-5-18-33(42)38-24-13-25-39-34-19-7-11-30-45(34)51-48(38)39/h1-30H. The Balaban J connectivity index is 1.25. The number of benzene rings is 8. The summed E-state index contributed by atoms with van der Waals surface area (Å²) in [6.45, 7) is 0. The number of fused-ring (bicyclic) bond motifs is 9. The predicted octanol–water partition coefficient (Wildman–Crippen LogP) is 13.1. The van der Waals surface area contributed by atoms with Crippen molar-refractivity contribution in [1.82, 2.24) is 9.13 Å². The van der Waals surface area contributed by atoms with E-state index >= 15 is 0 Å². The second-order valence-electron chi connectivity index (χ2n) is 13.2. The van der Waals surface area contributed by atoms with Gasteiger partial charge in [-0.25, -0.2) is 0 Å². The van der Waals surface area contributed by atoms with Crippen molar-refractivity contribution >= 4 is 65.6 Å². The molecule has 0 unspecified atom stereocenters. The first-order chi connectivity index (χ1) is 25.3. The molecule has 0 N–H and O–H groups in total. The molecule has 0 saturated carbocycles. The van der Waals surface area contributed by atoms with Gasteiger partial charge in [-0.3, -0.25) is 0 Å². The third-order valence-corrected chi connectivity index (χ3v) is 10.5. The monoisotopic (exact) mass is 650 g/mol. The van der Waals surface area contributed by atoms with Crippen molar-refractivity contribution in [3.63, 3.8) is 0 Å². The molecular formula is C48H30N2O. The van der Waals surface area contributed by atoms with Crippen LogP contribution in [-0.2, 0) is 0 Å². The lowest BCUT2D eigenvalue weighted by Gasteiger charge is -2.16. The van der Waals surface area contributed by atoms with Crippen molar-refractivity contribution in [3.05, 3.63) is 182 Å². The van der Waals surface area contributed by atoms with Gasteiger partial charge in [0.15, 0.2) is 0 Å². The summed E-state index contributed by atoms with van der Waals surface area (Å²) in [6, 6.07) is 65.4. The number of furan rings is 1. The second kappa shape index (κ2) is 10.8. The van der Waals surface area contributed by atoms with E-state index in [9.17, 15) is 0 Å². The summed E-state index contributed by atoms with van der Waals surface area (Å²) in [7, 11) is 0. The van der Waals surface area contributed by atoms with E-state index in [0.717, 1.165) is 44.4 Å². The zero-order chi connectivity index (χ0) is 33.5. The van der Waals surface area contributed by atoms with Gasteiger partial charge in [-0.05, 0) is 48.0 Å². The summed E-state index contributed by atoms with van der Waals surface area (Å²) in [5.74, 6) is 0. The fraction of sp³-hybridized carbons (Fsp3) is 0. The third-order valence-electron chi connectivity index (χ3n) is 10.5. The van der Waals surface area contributed by atoms with Gasteiger partial charge in [-0.1, -0.05) is 140 Å². The smallest absolute Gasteiger partial charge is 0.143 e. The Bertz CT molecular complexity index is 3140. The highest BCUT2D eigenvalue weighted by Gasteiger charge is 2.23. The summed E-state index contributed by atoms with van der Waals surface area (Å²) in [5, 5.41) is 7.20. The molecule has 8 aromatic carbocycles. The van der Waals surface area contributed by atoms with Gasteiger partial charge < -0.3 is 13.6 Å². The van der Waals surface area contributed by atoms with E-state index in [1.807, 2.05) is 6.07 Å². The molecule has 0 spiro atoms. The summed E-state index contributed by atoms with van der Waals surface area (Å²) >= 11 is 0. The van der Waals surface area contributed by atoms with Gasteiger partial charge in [0, 0.05) is 54.7 Å². The minimum Gasteiger partial charge on any atom is -0.455 e. The van der Waals surface area contributed by atoms with E-state index in [1.54, 1.807) is 0 Å². The van der Waals surface area contributed by atoms with Crippen LogP contribution in [0.1, 0.15) is 0 Å². The van der Waals surface area contributed by atoms with Crippen LogP contribution >= 0.6 is 0 Å². The molecule has 0 aliphatic heterocycles. The molecule has 0 radical (unpaired) electrons. The molecule has 0 amide bonds. The topological polar surface area (TPSA) is 23.0 Å². The Hall–Kier alpha value is -6.84. The molecule has 238 valence electrons. The molecule has 3 heterocycles. The Morgan fingerprint density at radius 2 is 0.902 bits per heavy atom. The maximum atomic E-state index is 6.59. The number of hydrogen-bond donors (Lipinski definition) is 0. The average Bonchev–Trinajstić information content (AvgIpc) is 3.86. The third kappa shape index (κ3) is 4.00. The van der Waals surface area contributed by atoms with Crippen LogP contribution < -0.4 is 0 Å². The average molecular weight is 651 g/mol. The van der Waals surface area contributed by atoms with Crippen molar-refractivity contribution < 1.29 is 4.42 Å². The highest BCUT2D eigenvalue weighted by molar-refractivity contribution is 6.21. The van der Waals surface area contributed by atoms with Crippen LogP contribution in [0.25, 0.3) is 99.2 Å². The van der Waals surface area contributed by atoms with E-state index in [4.69, 9.17) is 4.42 Å². The number of para-hydroxylation sites is 7. The molecule has 0 aliphatic carbocycles. The Morgan fingerprint density at radius 3 is 1.76 bits per heavy atom. The maximum absolute atomic E-state index is 6.59. The Labute approximate surface area is 293 Å². The van der Waals surface area contributed by atoms with Crippen LogP contribution in [0.5, 0.6) is 0 Å². The van der Waals surface area contributed by atoms with E-state index in [-0.39, 0.29) is 0 Å². The fourth-order valence-electron chi connectivity index (χ4n) is 8.44. The van der Waals surface area contributed by atoms with Gasteiger partial charge in [-0.2, -0.15) is 0 Å². The molecule has 3 nitrogen and oxygen atoms in total. The Morgan fingerprint density at radius 1 is 0.333 bits per heavy atom. The lowest BCUT2D eigenvalue weighted by Crippen LogP contribution is -1.99. The minimum atomic E-state index is 0.902. The van der Waals surface area contributed by atoms with Crippen molar-refractivity contribution in [2.75, 3.05) is 0 Å². The van der Waals surface area contributed by atoms with Crippen LogP contribution in [0.2, 0.25) is 0 Å². The van der Waals surface area contributed by atoms with Crippen molar-refractivity contribution in [1.29, 1.82) is 0 Å². The molecule has 11 rings (SSSR count). The first kappa shape index (κ1) is 28.0. The van der Waals surface area contributed by atoms with Gasteiger partial charge in [0.25, 0.3) is 0 Å². The van der Waals surface area contributed by atoms with E-state index in [1.165, 1.54) is 54.7 Å². The highest BCUT2D eigenvalue weighted by atomic mass is 16.3.